The van der Waals surface area contributed by atoms with Gasteiger partial charge in [-0.3, -0.25) is 0 Å². The minimum atomic E-state index is 0.0816. The molecule has 2 N–H and O–H groups in total. The van der Waals surface area contributed by atoms with Gasteiger partial charge in [-0.05, 0) is 18.1 Å². The molecule has 0 radical (unpaired) electrons. The molecule has 0 saturated carbocycles. The molecule has 1 aromatic heterocycles. The average molecular weight is 309 g/mol. The second-order valence-corrected chi connectivity index (χ2v) is 7.35. The van der Waals surface area contributed by atoms with Crippen LogP contribution in [-0.4, -0.2) is 11.5 Å². The molecule has 1 atom stereocenters. The summed E-state index contributed by atoms with van der Waals surface area (Å²) in [7, 11) is 0. The molecule has 2 rings (SSSR count). The molecule has 1 heterocycles. The fraction of sp³-hybridized carbons (Fsp3) is 0.438. The Bertz CT molecular complexity index is 572. The van der Waals surface area contributed by atoms with Gasteiger partial charge in [0.2, 0.25) is 0 Å². The van der Waals surface area contributed by atoms with Crippen LogP contribution in [0.5, 0.6) is 0 Å². The molecule has 0 aliphatic carbocycles. The minimum Gasteiger partial charge on any atom is -0.330 e. The molecule has 0 spiro atoms. The molecule has 0 amide bonds. The second-order valence-electron chi connectivity index (χ2n) is 6.05. The molecule has 0 bridgehead atoms. The molecule has 0 saturated heterocycles. The Labute approximate surface area is 130 Å². The van der Waals surface area contributed by atoms with E-state index in [9.17, 15) is 0 Å². The van der Waals surface area contributed by atoms with Gasteiger partial charge < -0.3 is 5.73 Å². The number of benzene rings is 1. The van der Waals surface area contributed by atoms with E-state index in [-0.39, 0.29) is 11.3 Å². The predicted octanol–water partition coefficient (Wildman–Crippen LogP) is 4.38. The van der Waals surface area contributed by atoms with Gasteiger partial charge in [0.15, 0.2) is 0 Å². The number of nitrogens with zero attached hydrogens (tertiary/aromatic N) is 1. The highest BCUT2D eigenvalue weighted by Gasteiger charge is 2.21. The zero-order valence-corrected chi connectivity index (χ0v) is 13.8. The van der Waals surface area contributed by atoms with E-state index in [1.165, 1.54) is 0 Å². The zero-order valence-electron chi connectivity index (χ0n) is 12.2. The maximum absolute atomic E-state index is 6.23. The van der Waals surface area contributed by atoms with E-state index in [2.05, 4.69) is 32.2 Å². The van der Waals surface area contributed by atoms with Gasteiger partial charge in [0.25, 0.3) is 0 Å². The summed E-state index contributed by atoms with van der Waals surface area (Å²) in [5, 5.41) is 4.06. The molecule has 20 heavy (non-hydrogen) atoms. The van der Waals surface area contributed by atoms with Crippen molar-refractivity contribution in [2.45, 2.75) is 38.5 Å². The summed E-state index contributed by atoms with van der Waals surface area (Å²) in [6.45, 7) is 7.12. The van der Waals surface area contributed by atoms with E-state index < -0.39 is 0 Å². The maximum atomic E-state index is 6.23. The standard InChI is InChI=1S/C16H21ClN2S/c1-16(2,3)14-10-20-15(19-14)12(9-18)8-11-6-4-5-7-13(11)17/h4-7,10,12H,8-9,18H2,1-3H3. The summed E-state index contributed by atoms with van der Waals surface area (Å²) in [5.41, 5.74) is 8.30. The van der Waals surface area contributed by atoms with Gasteiger partial charge in [-0.15, -0.1) is 11.3 Å². The molecule has 1 aromatic carbocycles. The molecule has 2 aromatic rings. The van der Waals surface area contributed by atoms with Gasteiger partial charge in [-0.1, -0.05) is 50.6 Å². The summed E-state index contributed by atoms with van der Waals surface area (Å²) < 4.78 is 0. The maximum Gasteiger partial charge on any atom is 0.0975 e. The van der Waals surface area contributed by atoms with Crippen LogP contribution < -0.4 is 5.73 Å². The molecule has 108 valence electrons. The van der Waals surface area contributed by atoms with E-state index >= 15 is 0 Å². The minimum absolute atomic E-state index is 0.0816. The average Bonchev–Trinajstić information content (AvgIpc) is 2.87. The highest BCUT2D eigenvalue weighted by Crippen LogP contribution is 2.30. The fourth-order valence-electron chi connectivity index (χ4n) is 2.02. The van der Waals surface area contributed by atoms with Crippen LogP contribution in [0.3, 0.4) is 0 Å². The van der Waals surface area contributed by atoms with Gasteiger partial charge >= 0.3 is 0 Å². The third-order valence-corrected chi connectivity index (χ3v) is 4.72. The van der Waals surface area contributed by atoms with Crippen molar-refractivity contribution in [1.29, 1.82) is 0 Å². The van der Waals surface area contributed by atoms with Gasteiger partial charge in [0.1, 0.15) is 0 Å². The first-order chi connectivity index (χ1) is 9.41. The Morgan fingerprint density at radius 1 is 1.30 bits per heavy atom. The molecule has 0 aliphatic heterocycles. The van der Waals surface area contributed by atoms with E-state index in [1.807, 2.05) is 18.2 Å². The summed E-state index contributed by atoms with van der Waals surface area (Å²) >= 11 is 7.93. The van der Waals surface area contributed by atoms with Crippen molar-refractivity contribution >= 4 is 22.9 Å². The fourth-order valence-corrected chi connectivity index (χ4v) is 3.40. The molecular weight excluding hydrogens is 288 g/mol. The van der Waals surface area contributed by atoms with Gasteiger partial charge in [-0.25, -0.2) is 4.98 Å². The van der Waals surface area contributed by atoms with Crippen LogP contribution in [0.2, 0.25) is 5.02 Å². The summed E-state index contributed by atoms with van der Waals surface area (Å²) in [6.07, 6.45) is 0.841. The zero-order chi connectivity index (χ0) is 14.8. The Balaban J connectivity index is 2.21. The Hall–Kier alpha value is -0.900. The van der Waals surface area contributed by atoms with E-state index in [0.29, 0.717) is 6.54 Å². The van der Waals surface area contributed by atoms with E-state index in [1.54, 1.807) is 11.3 Å². The second kappa shape index (κ2) is 6.25. The summed E-state index contributed by atoms with van der Waals surface area (Å²) in [6, 6.07) is 7.94. The van der Waals surface area contributed by atoms with Crippen molar-refractivity contribution in [1.82, 2.24) is 4.98 Å². The topological polar surface area (TPSA) is 38.9 Å². The number of thiazole rings is 1. The van der Waals surface area contributed by atoms with Crippen molar-refractivity contribution in [3.63, 3.8) is 0 Å². The first-order valence-electron chi connectivity index (χ1n) is 6.81. The first-order valence-corrected chi connectivity index (χ1v) is 8.07. The molecule has 0 aliphatic rings. The van der Waals surface area contributed by atoms with Crippen LogP contribution in [0.15, 0.2) is 29.6 Å². The number of hydrogen-bond acceptors (Lipinski definition) is 3. The Morgan fingerprint density at radius 2 is 2.00 bits per heavy atom. The van der Waals surface area contributed by atoms with Crippen molar-refractivity contribution in [3.05, 3.63) is 50.9 Å². The van der Waals surface area contributed by atoms with Crippen molar-refractivity contribution in [2.24, 2.45) is 5.73 Å². The molecule has 0 fully saturated rings. The van der Waals surface area contributed by atoms with Crippen molar-refractivity contribution in [2.75, 3.05) is 6.54 Å². The normalized spacial score (nSPS) is 13.4. The van der Waals surface area contributed by atoms with Gasteiger partial charge in [0, 0.05) is 28.3 Å². The van der Waals surface area contributed by atoms with Crippen LogP contribution in [0, 0.1) is 0 Å². The lowest BCUT2D eigenvalue weighted by atomic mass is 9.93. The number of nitrogens with two attached hydrogens (primary N) is 1. The van der Waals surface area contributed by atoms with Crippen LogP contribution in [0.25, 0.3) is 0 Å². The number of rotatable bonds is 4. The monoisotopic (exact) mass is 308 g/mol. The van der Waals surface area contributed by atoms with Crippen molar-refractivity contribution in [3.8, 4) is 0 Å². The lowest BCUT2D eigenvalue weighted by Crippen LogP contribution is -2.16. The number of hydrogen-bond donors (Lipinski definition) is 1. The summed E-state index contributed by atoms with van der Waals surface area (Å²) in [4.78, 5) is 4.77. The molecule has 4 heteroatoms. The van der Waals surface area contributed by atoms with E-state index in [0.717, 1.165) is 27.7 Å². The van der Waals surface area contributed by atoms with Gasteiger partial charge in [-0.2, -0.15) is 0 Å². The summed E-state index contributed by atoms with van der Waals surface area (Å²) in [5.74, 6) is 0.232. The number of halogens is 1. The highest BCUT2D eigenvalue weighted by molar-refractivity contribution is 7.09. The largest absolute Gasteiger partial charge is 0.330 e. The lowest BCUT2D eigenvalue weighted by Gasteiger charge is -2.16. The quantitative estimate of drug-likeness (QED) is 0.910. The van der Waals surface area contributed by atoms with Gasteiger partial charge in [0.05, 0.1) is 10.7 Å². The Kier molecular flexibility index (Phi) is 4.84. The third kappa shape index (κ3) is 3.60. The number of aromatic nitrogens is 1. The van der Waals surface area contributed by atoms with E-state index in [4.69, 9.17) is 22.3 Å². The highest BCUT2D eigenvalue weighted by atomic mass is 35.5. The van der Waals surface area contributed by atoms with Crippen LogP contribution >= 0.6 is 22.9 Å². The SMILES string of the molecule is CC(C)(C)c1csc(C(CN)Cc2ccccc2Cl)n1. The smallest absolute Gasteiger partial charge is 0.0975 e. The predicted molar refractivity (Wildman–Crippen MR) is 87.8 cm³/mol. The van der Waals surface area contributed by atoms with Crippen LogP contribution in [0.4, 0.5) is 0 Å². The molecule has 1 unspecified atom stereocenters. The van der Waals surface area contributed by atoms with Crippen LogP contribution in [-0.2, 0) is 11.8 Å². The van der Waals surface area contributed by atoms with Crippen molar-refractivity contribution < 1.29 is 0 Å². The van der Waals surface area contributed by atoms with Crippen LogP contribution in [0.1, 0.15) is 43.0 Å². The first kappa shape index (κ1) is 15.5. The molecule has 2 nitrogen and oxygen atoms in total. The molecular formula is C16H21ClN2S. The lowest BCUT2D eigenvalue weighted by molar-refractivity contribution is 0.566. The third-order valence-electron chi connectivity index (χ3n) is 3.35. The Morgan fingerprint density at radius 3 is 2.55 bits per heavy atom.